The van der Waals surface area contributed by atoms with Crippen molar-refractivity contribution in [2.24, 2.45) is 0 Å². The standard InChI is InChI=1S/C20H25NO3/c1-2-3-4-5-8-14-24-17-11-9-10-16(15-17)20(23)21-18-12-6-7-13-19(18)22/h6-7,9-13,15,22H,2-5,8,14H2,1H3,(H,21,23). The number of aromatic hydroxyl groups is 1. The molecule has 24 heavy (non-hydrogen) atoms. The molecular formula is C20H25NO3. The number of anilines is 1. The normalized spacial score (nSPS) is 10.4. The minimum atomic E-state index is -0.273. The Balaban J connectivity index is 1.87. The van der Waals surface area contributed by atoms with E-state index in [1.165, 1.54) is 31.7 Å². The van der Waals surface area contributed by atoms with E-state index in [0.717, 1.165) is 6.42 Å². The lowest BCUT2D eigenvalue weighted by Gasteiger charge is -2.09. The number of nitrogens with one attached hydrogen (secondary N) is 1. The topological polar surface area (TPSA) is 58.6 Å². The molecule has 0 saturated heterocycles. The molecule has 128 valence electrons. The van der Waals surface area contributed by atoms with Crippen LogP contribution in [0.4, 0.5) is 5.69 Å². The first kappa shape index (κ1) is 17.9. The average Bonchev–Trinajstić information content (AvgIpc) is 2.60. The van der Waals surface area contributed by atoms with E-state index in [1.54, 1.807) is 36.4 Å². The van der Waals surface area contributed by atoms with Gasteiger partial charge in [-0.05, 0) is 36.8 Å². The quantitative estimate of drug-likeness (QED) is 0.503. The molecule has 1 amide bonds. The summed E-state index contributed by atoms with van der Waals surface area (Å²) in [5.74, 6) is 0.464. The number of phenols is 1. The molecule has 0 heterocycles. The molecule has 0 radical (unpaired) electrons. The van der Waals surface area contributed by atoms with Crippen LogP contribution in [-0.4, -0.2) is 17.6 Å². The van der Waals surface area contributed by atoms with Gasteiger partial charge in [0.25, 0.3) is 5.91 Å². The minimum Gasteiger partial charge on any atom is -0.506 e. The molecule has 0 bridgehead atoms. The predicted octanol–water partition coefficient (Wildman–Crippen LogP) is 4.99. The summed E-state index contributed by atoms with van der Waals surface area (Å²) in [7, 11) is 0. The number of hydrogen-bond donors (Lipinski definition) is 2. The highest BCUT2D eigenvalue weighted by atomic mass is 16.5. The molecule has 0 aliphatic carbocycles. The van der Waals surface area contributed by atoms with Gasteiger partial charge in [-0.3, -0.25) is 4.79 Å². The molecule has 0 aromatic heterocycles. The Bertz CT molecular complexity index is 655. The first-order valence-electron chi connectivity index (χ1n) is 8.53. The van der Waals surface area contributed by atoms with Crippen LogP contribution in [0.3, 0.4) is 0 Å². The van der Waals surface area contributed by atoms with Crippen LogP contribution in [0.2, 0.25) is 0 Å². The van der Waals surface area contributed by atoms with Crippen LogP contribution in [0.5, 0.6) is 11.5 Å². The molecule has 0 atom stereocenters. The van der Waals surface area contributed by atoms with Crippen molar-refractivity contribution >= 4 is 11.6 Å². The third-order valence-electron chi connectivity index (χ3n) is 3.77. The lowest BCUT2D eigenvalue weighted by atomic mass is 10.1. The fourth-order valence-corrected chi connectivity index (χ4v) is 2.40. The number of amides is 1. The molecule has 4 heteroatoms. The van der Waals surface area contributed by atoms with Crippen molar-refractivity contribution in [1.29, 1.82) is 0 Å². The highest BCUT2D eigenvalue weighted by Gasteiger charge is 2.09. The number of rotatable bonds is 9. The van der Waals surface area contributed by atoms with Gasteiger partial charge < -0.3 is 15.2 Å². The maximum absolute atomic E-state index is 12.3. The second-order valence-electron chi connectivity index (χ2n) is 5.76. The molecule has 0 aliphatic heterocycles. The molecule has 0 aliphatic rings. The number of phenolic OH excluding ortho intramolecular Hbond substituents is 1. The van der Waals surface area contributed by atoms with Crippen LogP contribution >= 0.6 is 0 Å². The van der Waals surface area contributed by atoms with Gasteiger partial charge in [-0.15, -0.1) is 0 Å². The molecular weight excluding hydrogens is 302 g/mol. The zero-order valence-corrected chi connectivity index (χ0v) is 14.1. The molecule has 0 fully saturated rings. The van der Waals surface area contributed by atoms with Crippen LogP contribution in [0.1, 0.15) is 49.4 Å². The van der Waals surface area contributed by atoms with Crippen LogP contribution in [0, 0.1) is 0 Å². The van der Waals surface area contributed by atoms with Gasteiger partial charge in [0.2, 0.25) is 0 Å². The second-order valence-corrected chi connectivity index (χ2v) is 5.76. The van der Waals surface area contributed by atoms with Gasteiger partial charge in [0.05, 0.1) is 12.3 Å². The lowest BCUT2D eigenvalue weighted by molar-refractivity contribution is 0.102. The van der Waals surface area contributed by atoms with Gasteiger partial charge in [0, 0.05) is 5.56 Å². The zero-order chi connectivity index (χ0) is 17.2. The summed E-state index contributed by atoms with van der Waals surface area (Å²) >= 11 is 0. The lowest BCUT2D eigenvalue weighted by Crippen LogP contribution is -2.12. The Morgan fingerprint density at radius 1 is 1.04 bits per heavy atom. The number of para-hydroxylation sites is 2. The molecule has 2 aromatic carbocycles. The van der Waals surface area contributed by atoms with Crippen molar-refractivity contribution in [2.75, 3.05) is 11.9 Å². The SMILES string of the molecule is CCCCCCCOc1cccc(C(=O)Nc2ccccc2O)c1. The first-order valence-corrected chi connectivity index (χ1v) is 8.53. The van der Waals surface area contributed by atoms with E-state index in [4.69, 9.17) is 4.74 Å². The molecule has 2 rings (SSSR count). The van der Waals surface area contributed by atoms with Crippen molar-refractivity contribution in [3.8, 4) is 11.5 Å². The van der Waals surface area contributed by atoms with Crippen molar-refractivity contribution in [3.63, 3.8) is 0 Å². The summed E-state index contributed by atoms with van der Waals surface area (Å²) in [4.78, 5) is 12.3. The van der Waals surface area contributed by atoms with Crippen molar-refractivity contribution in [2.45, 2.75) is 39.0 Å². The zero-order valence-electron chi connectivity index (χ0n) is 14.1. The van der Waals surface area contributed by atoms with Crippen molar-refractivity contribution in [1.82, 2.24) is 0 Å². The first-order chi connectivity index (χ1) is 11.7. The third-order valence-corrected chi connectivity index (χ3v) is 3.77. The van der Waals surface area contributed by atoms with Crippen molar-refractivity contribution < 1.29 is 14.6 Å². The van der Waals surface area contributed by atoms with E-state index in [2.05, 4.69) is 12.2 Å². The molecule has 0 unspecified atom stereocenters. The van der Waals surface area contributed by atoms with E-state index in [9.17, 15) is 9.90 Å². The van der Waals surface area contributed by atoms with Crippen LogP contribution in [0.15, 0.2) is 48.5 Å². The summed E-state index contributed by atoms with van der Waals surface area (Å²) < 4.78 is 5.72. The summed E-state index contributed by atoms with van der Waals surface area (Å²) in [5, 5.41) is 12.4. The number of unbranched alkanes of at least 4 members (excludes halogenated alkanes) is 4. The van der Waals surface area contributed by atoms with E-state index in [-0.39, 0.29) is 11.7 Å². The maximum Gasteiger partial charge on any atom is 0.255 e. The van der Waals surface area contributed by atoms with Gasteiger partial charge >= 0.3 is 0 Å². The number of ether oxygens (including phenoxy) is 1. The Labute approximate surface area is 143 Å². The van der Waals surface area contributed by atoms with Crippen molar-refractivity contribution in [3.05, 3.63) is 54.1 Å². The van der Waals surface area contributed by atoms with Gasteiger partial charge in [-0.25, -0.2) is 0 Å². The van der Waals surface area contributed by atoms with Crippen LogP contribution in [-0.2, 0) is 0 Å². The molecule has 4 nitrogen and oxygen atoms in total. The van der Waals surface area contributed by atoms with Crippen LogP contribution < -0.4 is 10.1 Å². The van der Waals surface area contributed by atoms with Crippen LogP contribution in [0.25, 0.3) is 0 Å². The van der Waals surface area contributed by atoms with E-state index < -0.39 is 0 Å². The number of benzene rings is 2. The maximum atomic E-state index is 12.3. The molecule has 2 N–H and O–H groups in total. The summed E-state index contributed by atoms with van der Waals surface area (Å²) in [5.41, 5.74) is 0.895. The largest absolute Gasteiger partial charge is 0.506 e. The Kier molecular flexibility index (Phi) is 7.15. The smallest absolute Gasteiger partial charge is 0.255 e. The van der Waals surface area contributed by atoms with Gasteiger partial charge in [0.1, 0.15) is 11.5 Å². The molecule has 0 spiro atoms. The summed E-state index contributed by atoms with van der Waals surface area (Å²) in [6, 6.07) is 13.8. The van der Waals surface area contributed by atoms with Gasteiger partial charge in [-0.1, -0.05) is 50.8 Å². The number of hydrogen-bond acceptors (Lipinski definition) is 3. The Hall–Kier alpha value is -2.49. The fourth-order valence-electron chi connectivity index (χ4n) is 2.40. The monoisotopic (exact) mass is 327 g/mol. The Morgan fingerprint density at radius 3 is 2.62 bits per heavy atom. The Morgan fingerprint density at radius 2 is 1.83 bits per heavy atom. The molecule has 0 saturated carbocycles. The summed E-state index contributed by atoms with van der Waals surface area (Å²) in [6.45, 7) is 2.86. The summed E-state index contributed by atoms with van der Waals surface area (Å²) in [6.07, 6.45) is 5.93. The minimum absolute atomic E-state index is 0.0466. The highest BCUT2D eigenvalue weighted by Crippen LogP contribution is 2.23. The number of carbonyl (C=O) groups excluding carboxylic acids is 1. The third kappa shape index (κ3) is 5.61. The van der Waals surface area contributed by atoms with E-state index in [1.807, 2.05) is 6.07 Å². The van der Waals surface area contributed by atoms with Gasteiger partial charge in [-0.2, -0.15) is 0 Å². The molecule has 2 aromatic rings. The number of carbonyl (C=O) groups is 1. The highest BCUT2D eigenvalue weighted by molar-refractivity contribution is 6.05. The van der Waals surface area contributed by atoms with E-state index >= 15 is 0 Å². The second kappa shape index (κ2) is 9.60. The fraction of sp³-hybridized carbons (Fsp3) is 0.350. The predicted molar refractivity (Wildman–Crippen MR) is 96.8 cm³/mol. The van der Waals surface area contributed by atoms with E-state index in [0.29, 0.717) is 23.6 Å². The van der Waals surface area contributed by atoms with Gasteiger partial charge in [0.15, 0.2) is 0 Å². The average molecular weight is 327 g/mol.